The molecule has 20 heavy (non-hydrogen) atoms. The van der Waals surface area contributed by atoms with Crippen molar-refractivity contribution in [2.45, 2.75) is 13.8 Å². The van der Waals surface area contributed by atoms with Gasteiger partial charge in [-0.2, -0.15) is 15.0 Å². The Kier molecular flexibility index (Phi) is 4.15. The van der Waals surface area contributed by atoms with Gasteiger partial charge < -0.3 is 0 Å². The lowest BCUT2D eigenvalue weighted by Gasteiger charge is -2.02. The van der Waals surface area contributed by atoms with E-state index in [-0.39, 0.29) is 5.28 Å². The van der Waals surface area contributed by atoms with Gasteiger partial charge in [-0.3, -0.25) is 4.57 Å². The van der Waals surface area contributed by atoms with E-state index in [1.165, 1.54) is 23.1 Å². The zero-order chi connectivity index (χ0) is 13.9. The van der Waals surface area contributed by atoms with Crippen LogP contribution < -0.4 is 0 Å². The molecule has 0 aliphatic heterocycles. The van der Waals surface area contributed by atoms with Gasteiger partial charge >= 0.3 is 0 Å². The Morgan fingerprint density at radius 1 is 1.20 bits per heavy atom. The number of hydrogen-bond acceptors (Lipinski definition) is 9. The standard InChI is InChI=1S/C9H6ClN7S3/c1-18-8-15-16-9(20-8)19-7-13-5(10)12-6(14-7)17-3-2-11-4-17/h2-4H,1H3. The molecule has 0 radical (unpaired) electrons. The zero-order valence-corrected chi connectivity index (χ0v) is 13.2. The lowest BCUT2D eigenvalue weighted by molar-refractivity contribution is 0.822. The number of hydrogen-bond donors (Lipinski definition) is 0. The average molecular weight is 344 g/mol. The molecule has 0 fully saturated rings. The van der Waals surface area contributed by atoms with Crippen LogP contribution in [0.5, 0.6) is 0 Å². The summed E-state index contributed by atoms with van der Waals surface area (Å²) in [6.07, 6.45) is 6.92. The third-order valence-electron chi connectivity index (χ3n) is 2.05. The summed E-state index contributed by atoms with van der Waals surface area (Å²) < 4.78 is 3.31. The predicted molar refractivity (Wildman–Crippen MR) is 77.8 cm³/mol. The normalized spacial score (nSPS) is 10.9. The monoisotopic (exact) mass is 343 g/mol. The first kappa shape index (κ1) is 13.7. The van der Waals surface area contributed by atoms with Gasteiger partial charge in [0.15, 0.2) is 8.68 Å². The van der Waals surface area contributed by atoms with Crippen molar-refractivity contribution in [3.8, 4) is 5.95 Å². The number of rotatable bonds is 4. The van der Waals surface area contributed by atoms with Gasteiger partial charge in [0.25, 0.3) is 0 Å². The van der Waals surface area contributed by atoms with E-state index >= 15 is 0 Å². The molecule has 0 aliphatic carbocycles. The fourth-order valence-corrected chi connectivity index (χ4v) is 3.75. The van der Waals surface area contributed by atoms with Gasteiger partial charge in [-0.25, -0.2) is 4.98 Å². The van der Waals surface area contributed by atoms with Crippen LogP contribution in [-0.2, 0) is 0 Å². The molecule has 3 heterocycles. The van der Waals surface area contributed by atoms with E-state index in [4.69, 9.17) is 11.6 Å². The van der Waals surface area contributed by atoms with Crippen molar-refractivity contribution in [3.05, 3.63) is 24.0 Å². The van der Waals surface area contributed by atoms with Gasteiger partial charge in [0, 0.05) is 12.4 Å². The Morgan fingerprint density at radius 3 is 2.75 bits per heavy atom. The third kappa shape index (κ3) is 3.08. The molecule has 3 aromatic heterocycles. The van der Waals surface area contributed by atoms with Gasteiger partial charge in [0.2, 0.25) is 16.4 Å². The maximum atomic E-state index is 5.92. The average Bonchev–Trinajstić information content (AvgIpc) is 3.09. The van der Waals surface area contributed by atoms with Crippen LogP contribution in [0.25, 0.3) is 5.95 Å². The number of thioether (sulfide) groups is 1. The Hall–Kier alpha value is -1.23. The summed E-state index contributed by atoms with van der Waals surface area (Å²) in [5.41, 5.74) is 0. The topological polar surface area (TPSA) is 82.3 Å². The largest absolute Gasteiger partial charge is 0.274 e. The lowest BCUT2D eigenvalue weighted by atomic mass is 10.8. The van der Waals surface area contributed by atoms with Crippen LogP contribution in [0.4, 0.5) is 0 Å². The highest BCUT2D eigenvalue weighted by atomic mass is 35.5. The molecule has 0 bridgehead atoms. The minimum Gasteiger partial charge on any atom is -0.274 e. The summed E-state index contributed by atoms with van der Waals surface area (Å²) in [6, 6.07) is 0. The van der Waals surface area contributed by atoms with E-state index in [0.717, 1.165) is 8.68 Å². The van der Waals surface area contributed by atoms with Gasteiger partial charge in [0.05, 0.1) is 0 Å². The SMILES string of the molecule is CSc1nnc(Sc2nc(Cl)nc(-n3ccnc3)n2)s1. The second-order valence-electron chi connectivity index (χ2n) is 3.30. The summed E-state index contributed by atoms with van der Waals surface area (Å²) in [5, 5.41) is 8.66. The van der Waals surface area contributed by atoms with Gasteiger partial charge in [0.1, 0.15) is 6.33 Å². The van der Waals surface area contributed by atoms with E-state index in [1.807, 2.05) is 6.26 Å². The summed E-state index contributed by atoms with van der Waals surface area (Å²) in [6.45, 7) is 0. The van der Waals surface area contributed by atoms with Gasteiger partial charge in [-0.15, -0.1) is 10.2 Å². The van der Waals surface area contributed by atoms with Gasteiger partial charge in [-0.05, 0) is 29.6 Å². The maximum Gasteiger partial charge on any atom is 0.240 e. The lowest BCUT2D eigenvalue weighted by Crippen LogP contribution is -2.02. The van der Waals surface area contributed by atoms with Crippen LogP contribution in [0.1, 0.15) is 0 Å². The van der Waals surface area contributed by atoms with Crippen molar-refractivity contribution in [2.75, 3.05) is 6.26 Å². The highest BCUT2D eigenvalue weighted by Gasteiger charge is 2.11. The number of imidazole rings is 1. The van der Waals surface area contributed by atoms with Crippen molar-refractivity contribution in [1.82, 2.24) is 34.7 Å². The van der Waals surface area contributed by atoms with Crippen molar-refractivity contribution < 1.29 is 0 Å². The van der Waals surface area contributed by atoms with Crippen molar-refractivity contribution >= 4 is 46.5 Å². The third-order valence-corrected chi connectivity index (χ3v) is 5.04. The minimum atomic E-state index is 0.126. The van der Waals surface area contributed by atoms with Crippen LogP contribution in [0.2, 0.25) is 5.28 Å². The molecule has 0 saturated carbocycles. The van der Waals surface area contributed by atoms with Crippen LogP contribution in [0.3, 0.4) is 0 Å². The van der Waals surface area contributed by atoms with Crippen molar-refractivity contribution in [2.24, 2.45) is 0 Å². The molecule has 102 valence electrons. The fourth-order valence-electron chi connectivity index (χ4n) is 1.26. The second-order valence-corrected chi connectivity index (χ2v) is 6.88. The van der Waals surface area contributed by atoms with E-state index < -0.39 is 0 Å². The molecule has 0 N–H and O–H groups in total. The first-order valence-electron chi connectivity index (χ1n) is 5.20. The molecule has 3 aromatic rings. The van der Waals surface area contributed by atoms with Crippen LogP contribution in [-0.4, -0.2) is 41.0 Å². The van der Waals surface area contributed by atoms with Gasteiger partial charge in [-0.1, -0.05) is 23.1 Å². The van der Waals surface area contributed by atoms with Crippen LogP contribution in [0, 0.1) is 0 Å². The Balaban J connectivity index is 1.90. The maximum absolute atomic E-state index is 5.92. The van der Waals surface area contributed by atoms with E-state index in [2.05, 4.69) is 30.1 Å². The molecule has 0 unspecified atom stereocenters. The summed E-state index contributed by atoms with van der Waals surface area (Å²) in [4.78, 5) is 16.4. The molecule has 0 saturated heterocycles. The molecule has 0 aliphatic rings. The molecule has 7 nitrogen and oxygen atoms in total. The quantitative estimate of drug-likeness (QED) is 0.668. The molecule has 0 atom stereocenters. The second kappa shape index (κ2) is 6.04. The highest BCUT2D eigenvalue weighted by Crippen LogP contribution is 2.31. The summed E-state index contributed by atoms with van der Waals surface area (Å²) in [7, 11) is 0. The summed E-state index contributed by atoms with van der Waals surface area (Å²) >= 11 is 10.2. The molecule has 3 rings (SSSR count). The highest BCUT2D eigenvalue weighted by molar-refractivity contribution is 8.02. The number of halogens is 1. The van der Waals surface area contributed by atoms with E-state index in [9.17, 15) is 0 Å². The number of nitrogens with zero attached hydrogens (tertiary/aromatic N) is 7. The first-order chi connectivity index (χ1) is 9.74. The predicted octanol–water partition coefficient (Wildman–Crippen LogP) is 2.44. The van der Waals surface area contributed by atoms with Crippen molar-refractivity contribution in [1.29, 1.82) is 0 Å². The van der Waals surface area contributed by atoms with Crippen LogP contribution >= 0.6 is 46.5 Å². The first-order valence-corrected chi connectivity index (χ1v) is 8.43. The Morgan fingerprint density at radius 2 is 2.05 bits per heavy atom. The Bertz CT molecular complexity index is 714. The minimum absolute atomic E-state index is 0.126. The fraction of sp³-hybridized carbons (Fsp3) is 0.111. The molecular weight excluding hydrogens is 338 g/mol. The molecular formula is C9H6ClN7S3. The Labute approximate surface area is 131 Å². The molecule has 11 heteroatoms. The van der Waals surface area contributed by atoms with E-state index in [0.29, 0.717) is 11.1 Å². The smallest absolute Gasteiger partial charge is 0.240 e. The van der Waals surface area contributed by atoms with E-state index in [1.54, 1.807) is 35.0 Å². The molecule has 0 amide bonds. The van der Waals surface area contributed by atoms with Crippen molar-refractivity contribution in [3.63, 3.8) is 0 Å². The zero-order valence-electron chi connectivity index (χ0n) is 9.97. The molecule has 0 aromatic carbocycles. The molecule has 0 spiro atoms. The summed E-state index contributed by atoms with van der Waals surface area (Å²) in [5.74, 6) is 0.416. The van der Waals surface area contributed by atoms with Crippen LogP contribution in [0.15, 0.2) is 32.6 Å². The number of aromatic nitrogens is 7.